The molecule has 3 aromatic heterocycles. The summed E-state index contributed by atoms with van der Waals surface area (Å²) in [5.74, 6) is 0.601. The Morgan fingerprint density at radius 1 is 1.27 bits per heavy atom. The van der Waals surface area contributed by atoms with Crippen LogP contribution in [0.15, 0.2) is 41.7 Å². The monoisotopic (exact) mass is 318 g/mol. The largest absolute Gasteiger partial charge is 0.281 e. The van der Waals surface area contributed by atoms with Crippen molar-refractivity contribution in [2.75, 3.05) is 4.72 Å². The van der Waals surface area contributed by atoms with Gasteiger partial charge in [0.15, 0.2) is 5.82 Å². The van der Waals surface area contributed by atoms with Crippen molar-refractivity contribution in [3.63, 3.8) is 0 Å². The average molecular weight is 318 g/mol. The van der Waals surface area contributed by atoms with E-state index in [1.807, 2.05) is 0 Å². The number of hydrogen-bond acceptors (Lipinski definition) is 5. The number of anilines is 1. The molecule has 0 bridgehead atoms. The minimum Gasteiger partial charge on any atom is -0.281 e. The van der Waals surface area contributed by atoms with Gasteiger partial charge in [-0.3, -0.25) is 9.82 Å². The van der Waals surface area contributed by atoms with Crippen LogP contribution < -0.4 is 4.72 Å². The van der Waals surface area contributed by atoms with Crippen LogP contribution in [0.4, 0.5) is 5.69 Å². The molecule has 0 aliphatic carbocycles. The van der Waals surface area contributed by atoms with E-state index in [9.17, 15) is 8.42 Å². The lowest BCUT2D eigenvalue weighted by atomic mass is 10.4. The Morgan fingerprint density at radius 2 is 2.09 bits per heavy atom. The van der Waals surface area contributed by atoms with Gasteiger partial charge in [0, 0.05) is 12.4 Å². The fourth-order valence-corrected chi connectivity index (χ4v) is 3.55. The highest BCUT2D eigenvalue weighted by molar-refractivity contribution is 7.92. The van der Waals surface area contributed by atoms with Gasteiger partial charge in [0.25, 0.3) is 10.0 Å². The smallest absolute Gasteiger partial charge is 0.265 e. The number of nitrogens with zero attached hydrogens (tertiary/aromatic N) is 4. The molecule has 0 aromatic carbocycles. The molecule has 114 valence electrons. The number of aromatic amines is 1. The summed E-state index contributed by atoms with van der Waals surface area (Å²) in [4.78, 5) is 4.34. The number of sulfonamides is 1. The minimum atomic E-state index is -3.70. The molecule has 8 nitrogen and oxygen atoms in total. The van der Waals surface area contributed by atoms with Gasteiger partial charge in [-0.15, -0.1) is 0 Å². The van der Waals surface area contributed by atoms with E-state index in [2.05, 4.69) is 25.0 Å². The summed E-state index contributed by atoms with van der Waals surface area (Å²) in [7, 11) is -3.70. The molecule has 0 spiro atoms. The van der Waals surface area contributed by atoms with Crippen LogP contribution in [-0.4, -0.2) is 33.4 Å². The molecule has 3 rings (SSSR count). The molecule has 3 aromatic rings. The lowest BCUT2D eigenvalue weighted by molar-refractivity contribution is 0.600. The van der Waals surface area contributed by atoms with Crippen molar-refractivity contribution >= 4 is 15.7 Å². The molecule has 0 saturated heterocycles. The van der Waals surface area contributed by atoms with E-state index < -0.39 is 10.0 Å². The standard InChI is InChI=1S/C13H14N6O2S/c1-9-13(10(2)17-16-9)22(20,21)18-11-4-5-12(14-8-11)19-7-3-6-15-19/h3-8,18H,1-2H3,(H,16,17). The fourth-order valence-electron chi connectivity index (χ4n) is 2.13. The lowest BCUT2D eigenvalue weighted by Crippen LogP contribution is -2.15. The number of rotatable bonds is 4. The van der Waals surface area contributed by atoms with E-state index in [4.69, 9.17) is 0 Å². The first kappa shape index (κ1) is 14.3. The summed E-state index contributed by atoms with van der Waals surface area (Å²) in [6, 6.07) is 5.09. The van der Waals surface area contributed by atoms with Crippen molar-refractivity contribution in [2.24, 2.45) is 0 Å². The van der Waals surface area contributed by atoms with Gasteiger partial charge in [-0.25, -0.2) is 18.1 Å². The Kier molecular flexibility index (Phi) is 3.41. The Balaban J connectivity index is 1.87. The lowest BCUT2D eigenvalue weighted by Gasteiger charge is -2.08. The van der Waals surface area contributed by atoms with Gasteiger partial charge >= 0.3 is 0 Å². The molecule has 9 heteroatoms. The molecule has 0 atom stereocenters. The minimum absolute atomic E-state index is 0.156. The third kappa shape index (κ3) is 2.58. The average Bonchev–Trinajstić information content (AvgIpc) is 3.09. The topological polar surface area (TPSA) is 106 Å². The van der Waals surface area contributed by atoms with Crippen molar-refractivity contribution in [3.05, 3.63) is 48.2 Å². The third-order valence-corrected chi connectivity index (χ3v) is 4.71. The van der Waals surface area contributed by atoms with E-state index in [0.29, 0.717) is 22.9 Å². The van der Waals surface area contributed by atoms with Crippen LogP contribution in [0.1, 0.15) is 11.4 Å². The predicted octanol–water partition coefficient (Wildman–Crippen LogP) is 1.41. The van der Waals surface area contributed by atoms with Gasteiger partial charge in [-0.05, 0) is 32.0 Å². The van der Waals surface area contributed by atoms with Crippen LogP contribution in [0.25, 0.3) is 5.82 Å². The summed E-state index contributed by atoms with van der Waals surface area (Å²) in [6.45, 7) is 3.30. The fraction of sp³-hybridized carbons (Fsp3) is 0.154. The molecule has 0 aliphatic rings. The van der Waals surface area contributed by atoms with Crippen molar-refractivity contribution in [2.45, 2.75) is 18.7 Å². The molecule has 2 N–H and O–H groups in total. The SMILES string of the molecule is Cc1n[nH]c(C)c1S(=O)(=O)Nc1ccc(-n2cccn2)nc1. The molecule has 0 saturated carbocycles. The van der Waals surface area contributed by atoms with Crippen LogP contribution in [0.5, 0.6) is 0 Å². The highest BCUT2D eigenvalue weighted by atomic mass is 32.2. The zero-order valence-corrected chi connectivity index (χ0v) is 12.8. The van der Waals surface area contributed by atoms with Crippen molar-refractivity contribution in [1.82, 2.24) is 25.0 Å². The van der Waals surface area contributed by atoms with Gasteiger partial charge in [0.1, 0.15) is 4.90 Å². The van der Waals surface area contributed by atoms with E-state index in [1.54, 1.807) is 49.1 Å². The van der Waals surface area contributed by atoms with E-state index in [0.717, 1.165) is 0 Å². The van der Waals surface area contributed by atoms with Crippen LogP contribution in [0.2, 0.25) is 0 Å². The van der Waals surface area contributed by atoms with E-state index in [-0.39, 0.29) is 4.90 Å². The molecule has 0 amide bonds. The predicted molar refractivity (Wildman–Crippen MR) is 80.2 cm³/mol. The maximum Gasteiger partial charge on any atom is 0.265 e. The summed E-state index contributed by atoms with van der Waals surface area (Å²) >= 11 is 0. The van der Waals surface area contributed by atoms with E-state index >= 15 is 0 Å². The number of H-pyrrole nitrogens is 1. The second-order valence-corrected chi connectivity index (χ2v) is 6.34. The maximum absolute atomic E-state index is 12.4. The van der Waals surface area contributed by atoms with Gasteiger partial charge in [-0.2, -0.15) is 10.2 Å². The van der Waals surface area contributed by atoms with Crippen LogP contribution in [-0.2, 0) is 10.0 Å². The zero-order valence-electron chi connectivity index (χ0n) is 12.0. The Morgan fingerprint density at radius 3 is 2.64 bits per heavy atom. The van der Waals surface area contributed by atoms with Gasteiger partial charge in [0.2, 0.25) is 0 Å². The number of pyridine rings is 1. The normalized spacial score (nSPS) is 11.5. The second-order valence-electron chi connectivity index (χ2n) is 4.72. The number of hydrogen-bond donors (Lipinski definition) is 2. The summed E-state index contributed by atoms with van der Waals surface area (Å²) < 4.78 is 28.9. The Labute approximate surface area is 127 Å². The molecule has 22 heavy (non-hydrogen) atoms. The number of nitrogens with one attached hydrogen (secondary N) is 2. The number of aromatic nitrogens is 5. The van der Waals surface area contributed by atoms with Gasteiger partial charge in [-0.1, -0.05) is 0 Å². The summed E-state index contributed by atoms with van der Waals surface area (Å²) in [5, 5.41) is 10.6. The molecular weight excluding hydrogens is 304 g/mol. The third-order valence-electron chi connectivity index (χ3n) is 3.07. The molecule has 0 fully saturated rings. The van der Waals surface area contributed by atoms with Crippen molar-refractivity contribution in [3.8, 4) is 5.82 Å². The van der Waals surface area contributed by atoms with Crippen LogP contribution >= 0.6 is 0 Å². The highest BCUT2D eigenvalue weighted by Gasteiger charge is 2.22. The molecule has 0 aliphatic heterocycles. The van der Waals surface area contributed by atoms with Crippen molar-refractivity contribution in [1.29, 1.82) is 0 Å². The first-order valence-corrected chi connectivity index (χ1v) is 7.96. The van der Waals surface area contributed by atoms with Gasteiger partial charge in [0.05, 0.1) is 23.3 Å². The van der Waals surface area contributed by atoms with Crippen LogP contribution in [0, 0.1) is 13.8 Å². The first-order chi connectivity index (χ1) is 10.5. The van der Waals surface area contributed by atoms with Crippen molar-refractivity contribution < 1.29 is 8.42 Å². The molecule has 0 unspecified atom stereocenters. The number of aryl methyl sites for hydroxylation is 2. The summed E-state index contributed by atoms with van der Waals surface area (Å²) in [5.41, 5.74) is 1.29. The maximum atomic E-state index is 12.4. The Bertz CT molecular complexity index is 862. The highest BCUT2D eigenvalue weighted by Crippen LogP contribution is 2.20. The molecule has 3 heterocycles. The first-order valence-electron chi connectivity index (χ1n) is 6.48. The molecule has 0 radical (unpaired) electrons. The van der Waals surface area contributed by atoms with E-state index in [1.165, 1.54) is 6.20 Å². The van der Waals surface area contributed by atoms with Gasteiger partial charge < -0.3 is 0 Å². The second kappa shape index (κ2) is 5.26. The Hall–Kier alpha value is -2.68. The quantitative estimate of drug-likeness (QED) is 0.756. The van der Waals surface area contributed by atoms with Crippen LogP contribution in [0.3, 0.4) is 0 Å². The summed E-state index contributed by atoms with van der Waals surface area (Å²) in [6.07, 6.45) is 4.84. The zero-order chi connectivity index (χ0) is 15.7. The molecular formula is C13H14N6O2S.